The summed E-state index contributed by atoms with van der Waals surface area (Å²) in [6, 6.07) is 8.09. The van der Waals surface area contributed by atoms with Crippen molar-refractivity contribution in [3.63, 3.8) is 0 Å². The summed E-state index contributed by atoms with van der Waals surface area (Å²) in [7, 11) is 2.15. The van der Waals surface area contributed by atoms with Gasteiger partial charge in [0.15, 0.2) is 0 Å². The Hall–Kier alpha value is -2.21. The van der Waals surface area contributed by atoms with Gasteiger partial charge in [0, 0.05) is 24.0 Å². The molecule has 3 heterocycles. The Balaban J connectivity index is 1.55. The van der Waals surface area contributed by atoms with Crippen LogP contribution in [0.1, 0.15) is 25.7 Å². The number of carbonyl (C=O) groups is 1. The fourth-order valence-corrected chi connectivity index (χ4v) is 4.38. The summed E-state index contributed by atoms with van der Waals surface area (Å²) < 4.78 is 1.30. The maximum Gasteiger partial charge on any atom is 0.275 e. The van der Waals surface area contributed by atoms with E-state index >= 15 is 0 Å². The van der Waals surface area contributed by atoms with Gasteiger partial charge in [-0.3, -0.25) is 9.59 Å². The lowest BCUT2D eigenvalue weighted by molar-refractivity contribution is -0.133. The van der Waals surface area contributed by atoms with Crippen molar-refractivity contribution < 1.29 is 4.79 Å². The summed E-state index contributed by atoms with van der Waals surface area (Å²) in [5.74, 6) is 0.00711. The highest BCUT2D eigenvalue weighted by Gasteiger charge is 2.38. The van der Waals surface area contributed by atoms with Crippen molar-refractivity contribution in [1.29, 1.82) is 0 Å². The lowest BCUT2D eigenvalue weighted by Gasteiger charge is -2.33. The van der Waals surface area contributed by atoms with E-state index in [1.165, 1.54) is 11.1 Å². The van der Waals surface area contributed by atoms with Gasteiger partial charge >= 0.3 is 0 Å². The predicted octanol–water partition coefficient (Wildman–Crippen LogP) is 1.48. The molecule has 2 aromatic rings. The lowest BCUT2D eigenvalue weighted by Crippen LogP contribution is -2.48. The monoisotopic (exact) mass is 340 g/mol. The minimum absolute atomic E-state index is 0.00711. The zero-order valence-corrected chi connectivity index (χ0v) is 14.6. The number of nitrogens with zero attached hydrogens (tertiary/aromatic N) is 4. The smallest absolute Gasteiger partial charge is 0.275 e. The van der Waals surface area contributed by atoms with Gasteiger partial charge in [0.2, 0.25) is 5.91 Å². The van der Waals surface area contributed by atoms with Crippen LogP contribution in [0.2, 0.25) is 0 Å². The molecular weight excluding hydrogens is 316 g/mol. The third-order valence-electron chi connectivity index (χ3n) is 5.69. The normalized spacial score (nSPS) is 24.3. The number of hydrogen-bond acceptors (Lipinski definition) is 4. The SMILES string of the molecule is CN1CCCC1C1CCCN1C(=O)Cn1ncc2ccccc2c1=O. The molecule has 1 amide bonds. The standard InChI is InChI=1S/C19H24N4O2/c1-21-10-4-8-16(21)17-9-5-11-22(17)18(24)13-23-19(25)15-7-3-2-6-14(15)12-20-23/h2-3,6-7,12,16-17H,4-5,8-11,13H2,1H3. The number of rotatable bonds is 3. The van der Waals surface area contributed by atoms with Gasteiger partial charge in [0.25, 0.3) is 5.56 Å². The Morgan fingerprint density at radius 3 is 2.72 bits per heavy atom. The number of aromatic nitrogens is 2. The van der Waals surface area contributed by atoms with E-state index in [0.29, 0.717) is 11.4 Å². The maximum absolute atomic E-state index is 12.9. The molecule has 0 spiro atoms. The molecule has 2 unspecified atom stereocenters. The summed E-state index contributed by atoms with van der Waals surface area (Å²) in [6.45, 7) is 1.92. The Morgan fingerprint density at radius 1 is 1.16 bits per heavy atom. The average Bonchev–Trinajstić information content (AvgIpc) is 3.26. The first kappa shape index (κ1) is 16.3. The molecule has 6 heteroatoms. The molecule has 2 saturated heterocycles. The fraction of sp³-hybridized carbons (Fsp3) is 0.526. The van der Waals surface area contributed by atoms with E-state index in [0.717, 1.165) is 37.7 Å². The molecule has 0 saturated carbocycles. The highest BCUT2D eigenvalue weighted by molar-refractivity contribution is 5.81. The van der Waals surface area contributed by atoms with E-state index in [9.17, 15) is 9.59 Å². The molecule has 2 aliphatic rings. The third-order valence-corrected chi connectivity index (χ3v) is 5.69. The van der Waals surface area contributed by atoms with Crippen LogP contribution >= 0.6 is 0 Å². The number of likely N-dealkylation sites (N-methyl/N-ethyl adjacent to an activating group) is 1. The van der Waals surface area contributed by atoms with Crippen LogP contribution in [0.15, 0.2) is 35.3 Å². The van der Waals surface area contributed by atoms with Gasteiger partial charge in [0.05, 0.1) is 11.6 Å². The number of carbonyl (C=O) groups excluding carboxylic acids is 1. The summed E-state index contributed by atoms with van der Waals surface area (Å²) in [4.78, 5) is 29.8. The zero-order chi connectivity index (χ0) is 17.4. The third kappa shape index (κ3) is 2.95. The number of amides is 1. The van der Waals surface area contributed by atoms with Gasteiger partial charge in [-0.05, 0) is 45.3 Å². The molecule has 2 aliphatic heterocycles. The number of hydrogen-bond donors (Lipinski definition) is 0. The van der Waals surface area contributed by atoms with Crippen LogP contribution in [0.3, 0.4) is 0 Å². The van der Waals surface area contributed by atoms with Crippen LogP contribution in [0.4, 0.5) is 0 Å². The molecule has 2 atom stereocenters. The fourth-order valence-electron chi connectivity index (χ4n) is 4.38. The van der Waals surface area contributed by atoms with Crippen molar-refractivity contribution in [2.45, 2.75) is 44.3 Å². The van der Waals surface area contributed by atoms with E-state index in [2.05, 4.69) is 17.0 Å². The Morgan fingerprint density at radius 2 is 1.92 bits per heavy atom. The van der Waals surface area contributed by atoms with Crippen LogP contribution < -0.4 is 5.56 Å². The quantitative estimate of drug-likeness (QED) is 0.849. The average molecular weight is 340 g/mol. The lowest BCUT2D eigenvalue weighted by atomic mass is 10.0. The summed E-state index contributed by atoms with van der Waals surface area (Å²) >= 11 is 0. The molecule has 4 rings (SSSR count). The Kier molecular flexibility index (Phi) is 4.29. The Bertz CT molecular complexity index is 847. The number of likely N-dealkylation sites (tertiary alicyclic amines) is 2. The molecule has 1 aromatic heterocycles. The van der Waals surface area contributed by atoms with E-state index in [-0.39, 0.29) is 24.1 Å². The second-order valence-corrected chi connectivity index (χ2v) is 7.18. The summed E-state index contributed by atoms with van der Waals surface area (Å²) in [5, 5.41) is 5.62. The molecule has 0 radical (unpaired) electrons. The van der Waals surface area contributed by atoms with Crippen molar-refractivity contribution in [3.8, 4) is 0 Å². The molecule has 6 nitrogen and oxygen atoms in total. The van der Waals surface area contributed by atoms with Crippen LogP contribution in [0, 0.1) is 0 Å². The van der Waals surface area contributed by atoms with Crippen molar-refractivity contribution in [2.24, 2.45) is 0 Å². The van der Waals surface area contributed by atoms with Gasteiger partial charge in [-0.1, -0.05) is 18.2 Å². The van der Waals surface area contributed by atoms with Gasteiger partial charge in [-0.2, -0.15) is 5.10 Å². The topological polar surface area (TPSA) is 58.4 Å². The van der Waals surface area contributed by atoms with Crippen LogP contribution in [-0.4, -0.2) is 57.7 Å². The first-order valence-corrected chi connectivity index (χ1v) is 9.10. The van der Waals surface area contributed by atoms with Crippen LogP contribution in [0.25, 0.3) is 10.8 Å². The number of benzene rings is 1. The molecule has 1 aromatic carbocycles. The van der Waals surface area contributed by atoms with Gasteiger partial charge in [-0.25, -0.2) is 4.68 Å². The second kappa shape index (κ2) is 6.59. The predicted molar refractivity (Wildman–Crippen MR) is 96.4 cm³/mol. The molecule has 0 N–H and O–H groups in total. The van der Waals surface area contributed by atoms with Crippen LogP contribution in [-0.2, 0) is 11.3 Å². The zero-order valence-electron chi connectivity index (χ0n) is 14.6. The Labute approximate surface area is 147 Å². The van der Waals surface area contributed by atoms with Gasteiger partial charge in [0.1, 0.15) is 6.54 Å². The highest BCUT2D eigenvalue weighted by Crippen LogP contribution is 2.29. The summed E-state index contributed by atoms with van der Waals surface area (Å²) in [6.07, 6.45) is 6.11. The first-order valence-electron chi connectivity index (χ1n) is 9.10. The number of fused-ring (bicyclic) bond motifs is 1. The van der Waals surface area contributed by atoms with E-state index in [1.807, 2.05) is 23.1 Å². The van der Waals surface area contributed by atoms with E-state index in [4.69, 9.17) is 0 Å². The highest BCUT2D eigenvalue weighted by atomic mass is 16.2. The van der Waals surface area contributed by atoms with E-state index in [1.54, 1.807) is 12.3 Å². The van der Waals surface area contributed by atoms with E-state index < -0.39 is 0 Å². The first-order chi connectivity index (χ1) is 12.1. The molecule has 25 heavy (non-hydrogen) atoms. The molecule has 2 fully saturated rings. The minimum atomic E-state index is -0.194. The molecule has 132 valence electrons. The van der Waals surface area contributed by atoms with Gasteiger partial charge in [-0.15, -0.1) is 0 Å². The largest absolute Gasteiger partial charge is 0.337 e. The van der Waals surface area contributed by atoms with Crippen molar-refractivity contribution in [1.82, 2.24) is 19.6 Å². The molecule has 0 aliphatic carbocycles. The minimum Gasteiger partial charge on any atom is -0.337 e. The molecular formula is C19H24N4O2. The van der Waals surface area contributed by atoms with Crippen molar-refractivity contribution >= 4 is 16.7 Å². The molecule has 0 bridgehead atoms. The van der Waals surface area contributed by atoms with Crippen molar-refractivity contribution in [2.75, 3.05) is 20.1 Å². The maximum atomic E-state index is 12.9. The van der Waals surface area contributed by atoms with Crippen LogP contribution in [0.5, 0.6) is 0 Å². The second-order valence-electron chi connectivity index (χ2n) is 7.18. The summed E-state index contributed by atoms with van der Waals surface area (Å²) in [5.41, 5.74) is -0.194. The van der Waals surface area contributed by atoms with Crippen molar-refractivity contribution in [3.05, 3.63) is 40.8 Å². The van der Waals surface area contributed by atoms with Gasteiger partial charge < -0.3 is 9.80 Å².